The number of thioether (sulfide) groups is 1. The maximum Gasteiger partial charge on any atom is 0.319 e. The number of rotatable bonds is 4. The number of benzene rings is 2. The summed E-state index contributed by atoms with van der Waals surface area (Å²) in [7, 11) is 0. The predicted molar refractivity (Wildman–Crippen MR) is 92.1 cm³/mol. The number of hydrogen-bond donors (Lipinski definition) is 1. The molecule has 2 N–H and O–H groups in total. The number of hydrogen-bond acceptors (Lipinski definition) is 6. The minimum Gasteiger partial charge on any atom is -0.465 e. The van der Waals surface area contributed by atoms with E-state index < -0.39 is 0 Å². The topological polar surface area (TPSA) is 83.0 Å². The van der Waals surface area contributed by atoms with Gasteiger partial charge in [-0.25, -0.2) is 4.68 Å². The van der Waals surface area contributed by atoms with Crippen molar-refractivity contribution in [1.82, 2.24) is 14.9 Å². The van der Waals surface area contributed by atoms with Gasteiger partial charge in [0.05, 0.1) is 6.61 Å². The monoisotopic (exact) mass is 340 g/mol. The van der Waals surface area contributed by atoms with E-state index in [4.69, 9.17) is 10.6 Å². The maximum absolute atomic E-state index is 11.6. The van der Waals surface area contributed by atoms with Crippen LogP contribution in [0.2, 0.25) is 0 Å². The first kappa shape index (κ1) is 15.0. The highest BCUT2D eigenvalue weighted by Gasteiger charge is 2.29. The van der Waals surface area contributed by atoms with Crippen molar-refractivity contribution in [3.8, 4) is 0 Å². The van der Waals surface area contributed by atoms with E-state index in [0.29, 0.717) is 30.4 Å². The molecule has 1 saturated heterocycles. The summed E-state index contributed by atoms with van der Waals surface area (Å²) >= 11 is 1.31. The van der Waals surface area contributed by atoms with E-state index >= 15 is 0 Å². The van der Waals surface area contributed by atoms with Gasteiger partial charge in [-0.05, 0) is 16.3 Å². The number of nitrogens with zero attached hydrogens (tertiary/aromatic N) is 3. The van der Waals surface area contributed by atoms with Crippen LogP contribution in [-0.2, 0) is 16.0 Å². The molecule has 24 heavy (non-hydrogen) atoms. The van der Waals surface area contributed by atoms with Gasteiger partial charge >= 0.3 is 5.97 Å². The molecule has 1 aliphatic rings. The number of aromatic nitrogens is 3. The van der Waals surface area contributed by atoms with Gasteiger partial charge < -0.3 is 10.6 Å². The molecular weight excluding hydrogens is 324 g/mol. The van der Waals surface area contributed by atoms with Crippen molar-refractivity contribution in [2.45, 2.75) is 23.2 Å². The SMILES string of the molecule is Nn1c(Cc2cccc3ccccc23)nnc1S[C@@H]1CCOC1=O. The molecule has 1 atom stereocenters. The normalized spacial score (nSPS) is 17.3. The van der Waals surface area contributed by atoms with Crippen molar-refractivity contribution in [3.05, 3.63) is 53.9 Å². The van der Waals surface area contributed by atoms with Crippen LogP contribution in [0.4, 0.5) is 0 Å². The molecule has 2 heterocycles. The van der Waals surface area contributed by atoms with Gasteiger partial charge in [-0.3, -0.25) is 4.79 Å². The quantitative estimate of drug-likeness (QED) is 0.579. The average molecular weight is 340 g/mol. The number of cyclic esters (lactones) is 1. The van der Waals surface area contributed by atoms with E-state index in [1.54, 1.807) is 0 Å². The van der Waals surface area contributed by atoms with E-state index in [2.05, 4.69) is 34.5 Å². The Morgan fingerprint density at radius 1 is 1.21 bits per heavy atom. The minimum atomic E-state index is -0.248. The van der Waals surface area contributed by atoms with E-state index in [1.165, 1.54) is 27.2 Å². The molecule has 2 aromatic carbocycles. The fourth-order valence-corrected chi connectivity index (χ4v) is 3.78. The molecule has 0 bridgehead atoms. The van der Waals surface area contributed by atoms with Crippen LogP contribution in [0.5, 0.6) is 0 Å². The highest BCUT2D eigenvalue weighted by Crippen LogP contribution is 2.28. The van der Waals surface area contributed by atoms with Gasteiger partial charge in [0.2, 0.25) is 5.16 Å². The van der Waals surface area contributed by atoms with Gasteiger partial charge in [-0.2, -0.15) is 0 Å². The molecule has 0 unspecified atom stereocenters. The molecule has 1 fully saturated rings. The lowest BCUT2D eigenvalue weighted by atomic mass is 10.0. The minimum absolute atomic E-state index is 0.210. The van der Waals surface area contributed by atoms with Gasteiger partial charge in [-0.1, -0.05) is 54.2 Å². The molecule has 6 nitrogen and oxygen atoms in total. The number of carbonyl (C=O) groups excluding carboxylic acids is 1. The molecule has 3 aromatic rings. The van der Waals surface area contributed by atoms with Crippen LogP contribution >= 0.6 is 11.8 Å². The third-order valence-corrected chi connectivity index (χ3v) is 5.30. The maximum atomic E-state index is 11.6. The van der Waals surface area contributed by atoms with Crippen LogP contribution < -0.4 is 5.84 Å². The molecule has 4 rings (SSSR count). The second-order valence-electron chi connectivity index (χ2n) is 5.65. The third-order valence-electron chi connectivity index (χ3n) is 4.10. The zero-order valence-corrected chi connectivity index (χ0v) is 13.7. The van der Waals surface area contributed by atoms with Gasteiger partial charge in [-0.15, -0.1) is 10.2 Å². The Morgan fingerprint density at radius 3 is 2.88 bits per heavy atom. The largest absolute Gasteiger partial charge is 0.465 e. The summed E-state index contributed by atoms with van der Waals surface area (Å²) in [6.07, 6.45) is 1.26. The first-order chi connectivity index (χ1) is 11.7. The smallest absolute Gasteiger partial charge is 0.319 e. The fourth-order valence-electron chi connectivity index (χ4n) is 2.84. The van der Waals surface area contributed by atoms with E-state index in [0.717, 1.165) is 5.56 Å². The Balaban J connectivity index is 1.60. The highest BCUT2D eigenvalue weighted by molar-refractivity contribution is 8.00. The predicted octanol–water partition coefficient (Wildman–Crippen LogP) is 2.14. The third kappa shape index (κ3) is 2.71. The molecular formula is C17H16N4O2S. The van der Waals surface area contributed by atoms with Gasteiger partial charge in [0, 0.05) is 12.8 Å². The molecule has 0 aliphatic carbocycles. The van der Waals surface area contributed by atoms with Crippen molar-refractivity contribution < 1.29 is 9.53 Å². The van der Waals surface area contributed by atoms with E-state index in [9.17, 15) is 4.79 Å². The molecule has 1 aliphatic heterocycles. The zero-order valence-electron chi connectivity index (χ0n) is 12.9. The summed E-state index contributed by atoms with van der Waals surface area (Å²) in [5, 5.41) is 11.0. The summed E-state index contributed by atoms with van der Waals surface area (Å²) in [6.45, 7) is 0.456. The van der Waals surface area contributed by atoms with Crippen molar-refractivity contribution in [3.63, 3.8) is 0 Å². The van der Waals surface area contributed by atoms with Crippen LogP contribution in [0.3, 0.4) is 0 Å². The van der Waals surface area contributed by atoms with Crippen LogP contribution in [0.15, 0.2) is 47.6 Å². The number of esters is 1. The van der Waals surface area contributed by atoms with Crippen molar-refractivity contribution >= 4 is 28.5 Å². The van der Waals surface area contributed by atoms with Gasteiger partial charge in [0.15, 0.2) is 5.82 Å². The van der Waals surface area contributed by atoms with Crippen molar-refractivity contribution in [2.24, 2.45) is 0 Å². The molecule has 1 aromatic heterocycles. The van der Waals surface area contributed by atoms with Gasteiger partial charge in [0.1, 0.15) is 5.25 Å². The first-order valence-electron chi connectivity index (χ1n) is 7.71. The Labute approximate surface area is 143 Å². The molecule has 0 saturated carbocycles. The summed E-state index contributed by atoms with van der Waals surface area (Å²) in [4.78, 5) is 11.6. The molecule has 7 heteroatoms. The van der Waals surface area contributed by atoms with Crippen LogP contribution in [0, 0.1) is 0 Å². The second-order valence-corrected chi connectivity index (χ2v) is 6.82. The lowest BCUT2D eigenvalue weighted by Gasteiger charge is -2.08. The lowest BCUT2D eigenvalue weighted by molar-refractivity contribution is -0.137. The number of ether oxygens (including phenoxy) is 1. The lowest BCUT2D eigenvalue weighted by Crippen LogP contribution is -2.17. The number of fused-ring (bicyclic) bond motifs is 1. The summed E-state index contributed by atoms with van der Waals surface area (Å²) < 4.78 is 6.44. The van der Waals surface area contributed by atoms with Crippen LogP contribution in [0.1, 0.15) is 17.8 Å². The summed E-state index contributed by atoms with van der Waals surface area (Å²) in [6, 6.07) is 14.4. The second kappa shape index (κ2) is 6.16. The average Bonchev–Trinajstić information content (AvgIpc) is 3.16. The van der Waals surface area contributed by atoms with Crippen molar-refractivity contribution in [1.29, 1.82) is 0 Å². The first-order valence-corrected chi connectivity index (χ1v) is 8.59. The zero-order chi connectivity index (χ0) is 16.5. The highest BCUT2D eigenvalue weighted by atomic mass is 32.2. The molecule has 0 amide bonds. The van der Waals surface area contributed by atoms with Crippen LogP contribution in [-0.4, -0.2) is 32.7 Å². The fraction of sp³-hybridized carbons (Fsp3) is 0.235. The molecule has 0 radical (unpaired) electrons. The summed E-state index contributed by atoms with van der Waals surface area (Å²) in [5.74, 6) is 6.59. The number of carbonyl (C=O) groups is 1. The Kier molecular flexibility index (Phi) is 3.86. The number of nitrogen functional groups attached to an aromatic ring is 1. The molecule has 122 valence electrons. The Hall–Kier alpha value is -2.54. The van der Waals surface area contributed by atoms with E-state index in [1.807, 2.05) is 18.2 Å². The van der Waals surface area contributed by atoms with Gasteiger partial charge in [0.25, 0.3) is 0 Å². The van der Waals surface area contributed by atoms with Crippen molar-refractivity contribution in [2.75, 3.05) is 12.4 Å². The number of nitrogens with two attached hydrogens (primary N) is 1. The molecule has 0 spiro atoms. The summed E-state index contributed by atoms with van der Waals surface area (Å²) in [5.41, 5.74) is 1.14. The van der Waals surface area contributed by atoms with E-state index in [-0.39, 0.29) is 11.2 Å². The Bertz CT molecular complexity index is 903. The Morgan fingerprint density at radius 2 is 2.04 bits per heavy atom. The standard InChI is InChI=1S/C17H16N4O2S/c18-21-15(19-20-17(21)24-14-8-9-23-16(14)22)10-12-6-3-5-11-4-1-2-7-13(11)12/h1-7,14H,8-10,18H2/t14-/m1/s1. The van der Waals surface area contributed by atoms with Crippen LogP contribution in [0.25, 0.3) is 10.8 Å².